The van der Waals surface area contributed by atoms with E-state index in [2.05, 4.69) is 52.3 Å². The van der Waals surface area contributed by atoms with Gasteiger partial charge in [0.15, 0.2) is 0 Å². The van der Waals surface area contributed by atoms with E-state index < -0.39 is 0 Å². The first-order valence-corrected chi connectivity index (χ1v) is 7.32. The summed E-state index contributed by atoms with van der Waals surface area (Å²) >= 11 is 5.34. The molecule has 1 unspecified atom stereocenters. The number of nitrogens with zero attached hydrogens (tertiary/aromatic N) is 1. The zero-order chi connectivity index (χ0) is 11.6. The summed E-state index contributed by atoms with van der Waals surface area (Å²) in [6.45, 7) is 6.95. The second-order valence-electron chi connectivity index (χ2n) is 5.12. The largest absolute Gasteiger partial charge is 0.316 e. The van der Waals surface area contributed by atoms with Gasteiger partial charge in [-0.3, -0.25) is 0 Å². The number of thiophene rings is 1. The van der Waals surface area contributed by atoms with Crippen molar-refractivity contribution in [3.05, 3.63) is 20.8 Å². The maximum absolute atomic E-state index is 3.51. The molecule has 1 fully saturated rings. The molecule has 1 aromatic heterocycles. The van der Waals surface area contributed by atoms with E-state index in [-0.39, 0.29) is 0 Å². The van der Waals surface area contributed by atoms with Gasteiger partial charge in [0.25, 0.3) is 0 Å². The van der Waals surface area contributed by atoms with Gasteiger partial charge in [-0.05, 0) is 53.5 Å². The van der Waals surface area contributed by atoms with Crippen molar-refractivity contribution in [1.29, 1.82) is 0 Å². The van der Waals surface area contributed by atoms with Crippen LogP contribution in [0, 0.1) is 5.41 Å². The Kier molecular flexibility index (Phi) is 4.06. The Morgan fingerprint density at radius 2 is 2.38 bits per heavy atom. The predicted molar refractivity (Wildman–Crippen MR) is 73.9 cm³/mol. The van der Waals surface area contributed by atoms with Crippen LogP contribution < -0.4 is 5.32 Å². The number of halogens is 1. The zero-order valence-electron chi connectivity index (χ0n) is 9.92. The van der Waals surface area contributed by atoms with E-state index in [0.717, 1.165) is 13.1 Å². The minimum atomic E-state index is 0.462. The van der Waals surface area contributed by atoms with Crippen LogP contribution in [0.1, 0.15) is 18.2 Å². The third kappa shape index (κ3) is 3.29. The normalized spacial score (nSPS) is 25.5. The average molecular weight is 303 g/mol. The Morgan fingerprint density at radius 1 is 1.56 bits per heavy atom. The lowest BCUT2D eigenvalue weighted by Gasteiger charge is -2.28. The van der Waals surface area contributed by atoms with Crippen molar-refractivity contribution in [2.24, 2.45) is 5.41 Å². The Morgan fingerprint density at radius 3 is 2.94 bits per heavy atom. The first-order valence-electron chi connectivity index (χ1n) is 5.71. The van der Waals surface area contributed by atoms with E-state index >= 15 is 0 Å². The van der Waals surface area contributed by atoms with E-state index in [0.29, 0.717) is 5.41 Å². The molecular formula is C12H19BrN2S. The molecule has 0 amide bonds. The molecule has 16 heavy (non-hydrogen) atoms. The molecule has 0 saturated carbocycles. The van der Waals surface area contributed by atoms with E-state index in [4.69, 9.17) is 0 Å². The van der Waals surface area contributed by atoms with Crippen LogP contribution in [-0.4, -0.2) is 31.6 Å². The van der Waals surface area contributed by atoms with Crippen LogP contribution in [0.15, 0.2) is 15.9 Å². The Labute approximate surface area is 110 Å². The predicted octanol–water partition coefficient (Wildman–Crippen LogP) is 2.94. The molecule has 2 heterocycles. The molecule has 1 aromatic rings. The van der Waals surface area contributed by atoms with Gasteiger partial charge in [-0.25, -0.2) is 0 Å². The summed E-state index contributed by atoms with van der Waals surface area (Å²) in [4.78, 5) is 3.87. The van der Waals surface area contributed by atoms with Gasteiger partial charge < -0.3 is 10.2 Å². The molecule has 4 heteroatoms. The minimum absolute atomic E-state index is 0.462. The SMILES string of the molecule is CN(Cc1ccc(Br)s1)CC1(C)CCNC1. The molecule has 1 atom stereocenters. The third-order valence-electron chi connectivity index (χ3n) is 3.16. The molecule has 1 aliphatic heterocycles. The van der Waals surface area contributed by atoms with E-state index in [1.165, 1.54) is 28.2 Å². The van der Waals surface area contributed by atoms with Gasteiger partial charge in [0, 0.05) is 24.5 Å². The zero-order valence-corrected chi connectivity index (χ0v) is 12.3. The highest BCUT2D eigenvalue weighted by Crippen LogP contribution is 2.27. The summed E-state index contributed by atoms with van der Waals surface area (Å²) in [5, 5.41) is 3.45. The summed E-state index contributed by atoms with van der Waals surface area (Å²) < 4.78 is 1.23. The summed E-state index contributed by atoms with van der Waals surface area (Å²) in [6.07, 6.45) is 1.30. The molecule has 90 valence electrons. The summed E-state index contributed by atoms with van der Waals surface area (Å²) in [5.74, 6) is 0. The lowest BCUT2D eigenvalue weighted by molar-refractivity contribution is 0.204. The van der Waals surface area contributed by atoms with E-state index in [1.54, 1.807) is 0 Å². The highest BCUT2D eigenvalue weighted by molar-refractivity contribution is 9.11. The molecule has 0 spiro atoms. The van der Waals surface area contributed by atoms with Crippen molar-refractivity contribution in [2.45, 2.75) is 19.9 Å². The fourth-order valence-electron chi connectivity index (χ4n) is 2.41. The maximum Gasteiger partial charge on any atom is 0.0701 e. The number of rotatable bonds is 4. The van der Waals surface area contributed by atoms with Gasteiger partial charge in [0.2, 0.25) is 0 Å². The lowest BCUT2D eigenvalue weighted by Crippen LogP contribution is -2.34. The van der Waals surface area contributed by atoms with Crippen molar-refractivity contribution in [1.82, 2.24) is 10.2 Å². The molecule has 1 saturated heterocycles. The van der Waals surface area contributed by atoms with Gasteiger partial charge in [-0.1, -0.05) is 6.92 Å². The van der Waals surface area contributed by atoms with Crippen LogP contribution in [0.3, 0.4) is 0 Å². The lowest BCUT2D eigenvalue weighted by atomic mass is 9.89. The van der Waals surface area contributed by atoms with Crippen LogP contribution in [0.2, 0.25) is 0 Å². The number of hydrogen-bond donors (Lipinski definition) is 1. The van der Waals surface area contributed by atoms with Crippen molar-refractivity contribution in [2.75, 3.05) is 26.7 Å². The van der Waals surface area contributed by atoms with E-state index in [9.17, 15) is 0 Å². The second-order valence-corrected chi connectivity index (χ2v) is 7.66. The van der Waals surface area contributed by atoms with Gasteiger partial charge >= 0.3 is 0 Å². The molecule has 1 N–H and O–H groups in total. The molecule has 0 bridgehead atoms. The first-order chi connectivity index (χ1) is 7.57. The van der Waals surface area contributed by atoms with Crippen molar-refractivity contribution in [3.8, 4) is 0 Å². The van der Waals surface area contributed by atoms with E-state index in [1.807, 2.05) is 11.3 Å². The van der Waals surface area contributed by atoms with Crippen molar-refractivity contribution >= 4 is 27.3 Å². The molecular weight excluding hydrogens is 284 g/mol. The monoisotopic (exact) mass is 302 g/mol. The topological polar surface area (TPSA) is 15.3 Å². The maximum atomic E-state index is 3.51. The van der Waals surface area contributed by atoms with Crippen LogP contribution in [0.25, 0.3) is 0 Å². The fourth-order valence-corrected chi connectivity index (χ4v) is 3.98. The minimum Gasteiger partial charge on any atom is -0.316 e. The molecule has 0 aliphatic carbocycles. The van der Waals surface area contributed by atoms with Gasteiger partial charge in [0.1, 0.15) is 0 Å². The van der Waals surface area contributed by atoms with Crippen molar-refractivity contribution in [3.63, 3.8) is 0 Å². The Hall–Kier alpha value is 0.1000. The molecule has 2 rings (SSSR count). The van der Waals surface area contributed by atoms with Crippen LogP contribution in [-0.2, 0) is 6.54 Å². The van der Waals surface area contributed by atoms with Crippen LogP contribution in [0.5, 0.6) is 0 Å². The molecule has 1 aliphatic rings. The Balaban J connectivity index is 1.86. The third-order valence-corrected chi connectivity index (χ3v) is 4.77. The Bertz CT molecular complexity index is 345. The summed E-state index contributed by atoms with van der Waals surface area (Å²) in [6, 6.07) is 4.34. The standard InChI is InChI=1S/C12H19BrN2S/c1-12(5-6-14-8-12)9-15(2)7-10-3-4-11(13)16-10/h3-4,14H,5-9H2,1-2H3. The number of hydrogen-bond acceptors (Lipinski definition) is 3. The highest BCUT2D eigenvalue weighted by Gasteiger charge is 2.29. The fraction of sp³-hybridized carbons (Fsp3) is 0.667. The van der Waals surface area contributed by atoms with Gasteiger partial charge in [-0.15, -0.1) is 11.3 Å². The molecule has 0 aromatic carbocycles. The van der Waals surface area contributed by atoms with Crippen LogP contribution >= 0.6 is 27.3 Å². The highest BCUT2D eigenvalue weighted by atomic mass is 79.9. The van der Waals surface area contributed by atoms with Crippen LogP contribution in [0.4, 0.5) is 0 Å². The smallest absolute Gasteiger partial charge is 0.0701 e. The second kappa shape index (κ2) is 5.17. The number of nitrogens with one attached hydrogen (secondary N) is 1. The molecule has 2 nitrogen and oxygen atoms in total. The summed E-state index contributed by atoms with van der Waals surface area (Å²) in [5.41, 5.74) is 0.462. The average Bonchev–Trinajstić information content (AvgIpc) is 2.75. The first kappa shape index (κ1) is 12.6. The van der Waals surface area contributed by atoms with Crippen molar-refractivity contribution < 1.29 is 0 Å². The summed E-state index contributed by atoms with van der Waals surface area (Å²) in [7, 11) is 2.22. The molecule has 0 radical (unpaired) electrons. The van der Waals surface area contributed by atoms with Gasteiger partial charge in [0.05, 0.1) is 3.79 Å². The van der Waals surface area contributed by atoms with Gasteiger partial charge in [-0.2, -0.15) is 0 Å². The quantitative estimate of drug-likeness (QED) is 0.920.